The van der Waals surface area contributed by atoms with Crippen molar-refractivity contribution >= 4 is 29.4 Å². The molecule has 2 saturated carbocycles. The predicted octanol–water partition coefficient (Wildman–Crippen LogP) is 6.29. The third kappa shape index (κ3) is 10.4. The van der Waals surface area contributed by atoms with Gasteiger partial charge in [0.15, 0.2) is 5.82 Å². The zero-order valence-electron chi connectivity index (χ0n) is 34.3. The number of aryl methyl sites for hydroxylation is 1. The molecule has 17 heteroatoms. The van der Waals surface area contributed by atoms with Gasteiger partial charge in [-0.3, -0.25) is 19.5 Å². The third-order valence-electron chi connectivity index (χ3n) is 12.0. The molecular formula is C44H52F4N8O5. The number of nitrogens with one attached hydrogen (secondary N) is 4. The van der Waals surface area contributed by atoms with Gasteiger partial charge in [0.1, 0.15) is 6.04 Å². The first-order chi connectivity index (χ1) is 29.0. The maximum Gasteiger partial charge on any atom is 0.411 e. The van der Waals surface area contributed by atoms with Crippen molar-refractivity contribution in [3.63, 3.8) is 0 Å². The smallest absolute Gasteiger partial charge is 0.411 e. The molecule has 3 amide bonds. The largest absolute Gasteiger partial charge is 0.477 e. The van der Waals surface area contributed by atoms with Gasteiger partial charge in [-0.25, -0.2) is 9.78 Å². The van der Waals surface area contributed by atoms with Crippen LogP contribution in [0.3, 0.4) is 0 Å². The summed E-state index contributed by atoms with van der Waals surface area (Å²) in [7, 11) is 4.18. The minimum absolute atomic E-state index is 0.0895. The van der Waals surface area contributed by atoms with Gasteiger partial charge in [0, 0.05) is 41.2 Å². The van der Waals surface area contributed by atoms with Crippen molar-refractivity contribution in [2.75, 3.05) is 26.0 Å². The summed E-state index contributed by atoms with van der Waals surface area (Å²) in [4.78, 5) is 56.9. The number of aromatic amines is 1. The van der Waals surface area contributed by atoms with Crippen LogP contribution in [0.15, 0.2) is 66.7 Å². The first-order valence-electron chi connectivity index (χ1n) is 20.5. The fraction of sp³-hybridized carbons (Fsp3) is 0.455. The van der Waals surface area contributed by atoms with E-state index in [0.29, 0.717) is 36.9 Å². The molecule has 61 heavy (non-hydrogen) atoms. The Kier molecular flexibility index (Phi) is 13.9. The number of aromatic nitrogens is 3. The quantitative estimate of drug-likeness (QED) is 0.0746. The van der Waals surface area contributed by atoms with Gasteiger partial charge in [0.25, 0.3) is 5.91 Å². The lowest BCUT2D eigenvalue weighted by Crippen LogP contribution is -2.48. The van der Waals surface area contributed by atoms with Gasteiger partial charge in [-0.15, -0.1) is 0 Å². The Morgan fingerprint density at radius 2 is 1.52 bits per heavy atom. The van der Waals surface area contributed by atoms with Gasteiger partial charge in [0.2, 0.25) is 17.6 Å². The molecule has 2 aliphatic carbocycles. The molecule has 0 radical (unpaired) electrons. The van der Waals surface area contributed by atoms with E-state index >= 15 is 0 Å². The fourth-order valence-electron chi connectivity index (χ4n) is 8.10. The Morgan fingerprint density at radius 3 is 2.11 bits per heavy atom. The van der Waals surface area contributed by atoms with E-state index in [1.165, 1.54) is 24.3 Å². The lowest BCUT2D eigenvalue weighted by atomic mass is 9.81. The number of amides is 3. The average molecular weight is 849 g/mol. The number of nitrogens with two attached hydrogens (primary N) is 1. The van der Waals surface area contributed by atoms with Crippen LogP contribution in [0.1, 0.15) is 78.7 Å². The molecule has 0 aliphatic heterocycles. The summed E-state index contributed by atoms with van der Waals surface area (Å²) in [5.41, 5.74) is 10.4. The fourth-order valence-corrected chi connectivity index (χ4v) is 8.10. The third-order valence-corrected chi connectivity index (χ3v) is 12.0. The van der Waals surface area contributed by atoms with E-state index in [1.54, 1.807) is 5.10 Å². The van der Waals surface area contributed by atoms with E-state index in [2.05, 4.69) is 45.0 Å². The van der Waals surface area contributed by atoms with Crippen molar-refractivity contribution in [1.29, 1.82) is 0 Å². The Bertz CT molecular complexity index is 2180. The first-order valence-corrected chi connectivity index (χ1v) is 20.5. The number of hydrogen-bond acceptors (Lipinski definition) is 8. The van der Waals surface area contributed by atoms with Crippen molar-refractivity contribution in [2.45, 2.75) is 94.7 Å². The average Bonchev–Trinajstić information content (AvgIpc) is 3.75. The number of carbonyl (C=O) groups excluding carboxylic acids is 3. The van der Waals surface area contributed by atoms with Crippen molar-refractivity contribution in [1.82, 2.24) is 30.7 Å². The number of alkyl halides is 4. The van der Waals surface area contributed by atoms with E-state index in [4.69, 9.17) is 10.8 Å². The number of carbonyl (C=O) groups is 4. The highest BCUT2D eigenvalue weighted by Gasteiger charge is 2.65. The number of nitrogens with zero attached hydrogens (tertiary/aromatic N) is 3. The van der Waals surface area contributed by atoms with Crippen molar-refractivity contribution in [2.24, 2.45) is 17.6 Å². The summed E-state index contributed by atoms with van der Waals surface area (Å²) in [5, 5.41) is 22.8. The number of carboxylic acid groups (broad SMARTS) is 1. The lowest BCUT2D eigenvalue weighted by Gasteiger charge is -2.33. The number of anilines is 1. The highest BCUT2D eigenvalue weighted by molar-refractivity contribution is 5.98. The molecule has 7 N–H and O–H groups in total. The Labute approximate surface area is 351 Å². The number of rotatable bonds is 15. The van der Waals surface area contributed by atoms with Crippen molar-refractivity contribution < 1.29 is 41.8 Å². The molecular weight excluding hydrogens is 797 g/mol. The second-order valence-corrected chi connectivity index (χ2v) is 16.4. The molecule has 1 heterocycles. The Hall–Kier alpha value is -5.68. The molecule has 1 unspecified atom stereocenters. The molecule has 0 saturated heterocycles. The number of aliphatic carboxylic acids is 1. The van der Waals surface area contributed by atoms with Gasteiger partial charge in [-0.05, 0) is 144 Å². The van der Waals surface area contributed by atoms with Crippen LogP contribution in [0, 0.1) is 18.8 Å². The summed E-state index contributed by atoms with van der Waals surface area (Å²) in [5.74, 6) is -16.4. The topological polar surface area (TPSA) is 195 Å². The van der Waals surface area contributed by atoms with Crippen LogP contribution in [0.5, 0.6) is 0 Å². The highest BCUT2D eigenvalue weighted by atomic mass is 19.3. The molecule has 3 aromatic carbocycles. The van der Waals surface area contributed by atoms with Gasteiger partial charge in [0.05, 0.1) is 0 Å². The van der Waals surface area contributed by atoms with Crippen LogP contribution in [-0.2, 0) is 26.7 Å². The van der Waals surface area contributed by atoms with Crippen LogP contribution in [0.4, 0.5) is 23.2 Å². The summed E-state index contributed by atoms with van der Waals surface area (Å²) in [6.07, 6.45) is 7.07. The van der Waals surface area contributed by atoms with Crippen LogP contribution in [-0.4, -0.2) is 93.6 Å². The Morgan fingerprint density at radius 1 is 0.885 bits per heavy atom. The van der Waals surface area contributed by atoms with E-state index in [9.17, 15) is 36.7 Å². The molecule has 13 nitrogen and oxygen atoms in total. The second-order valence-electron chi connectivity index (χ2n) is 16.4. The predicted molar refractivity (Wildman–Crippen MR) is 221 cm³/mol. The van der Waals surface area contributed by atoms with Crippen LogP contribution in [0.25, 0.3) is 22.5 Å². The maximum atomic E-state index is 14.3. The summed E-state index contributed by atoms with van der Waals surface area (Å²) in [6.45, 7) is 2.51. The molecule has 0 bridgehead atoms. The van der Waals surface area contributed by atoms with E-state index in [0.717, 1.165) is 60.8 Å². The molecule has 6 rings (SSSR count). The minimum Gasteiger partial charge on any atom is -0.477 e. The normalized spacial score (nSPS) is 20.1. The number of hydrogen-bond donors (Lipinski definition) is 6. The van der Waals surface area contributed by atoms with E-state index in [-0.39, 0.29) is 41.4 Å². The molecule has 1 aromatic heterocycles. The van der Waals surface area contributed by atoms with Gasteiger partial charge in [-0.1, -0.05) is 30.3 Å². The first kappa shape index (κ1) is 44.9. The number of H-pyrrole nitrogens is 1. The van der Waals surface area contributed by atoms with Crippen LogP contribution < -0.4 is 21.7 Å². The molecule has 4 aromatic rings. The van der Waals surface area contributed by atoms with Gasteiger partial charge < -0.3 is 31.7 Å². The molecule has 1 atom stereocenters. The second kappa shape index (κ2) is 18.9. The van der Waals surface area contributed by atoms with Crippen molar-refractivity contribution in [3.05, 3.63) is 89.2 Å². The van der Waals surface area contributed by atoms with Crippen LogP contribution in [0.2, 0.25) is 0 Å². The highest BCUT2D eigenvalue weighted by Crippen LogP contribution is 2.42. The van der Waals surface area contributed by atoms with Gasteiger partial charge in [-0.2, -0.15) is 22.7 Å². The molecule has 2 aliphatic rings. The minimum atomic E-state index is -5.44. The lowest BCUT2D eigenvalue weighted by molar-refractivity contribution is -0.231. The van der Waals surface area contributed by atoms with Crippen molar-refractivity contribution in [3.8, 4) is 22.5 Å². The monoisotopic (exact) mass is 848 g/mol. The Balaban J connectivity index is 1.13. The standard InChI is InChI=1S/C44H52F4N8O5/c1-25-22-31(39(58)50-33-17-19-34(20-18-33)56(2)3)14-21-35(25)28-8-4-26(5-9-28)23-36(52-38(57)30-10-6-27(24-49)7-11-30)40(59)51-32-15-12-29(13-16-32)37-53-41(55-54-37)43(45,46)44(47,48)42(60)61/h4-5,8-9,12-16,21-22,27,30,33-34,36H,6-7,10-11,17-20,23-24,49H2,1-3H3,(H,50,58)(H,51,59)(H,52,57)(H,60,61)(H,53,54,55). The van der Waals surface area contributed by atoms with E-state index < -0.39 is 41.4 Å². The number of benzene rings is 3. The summed E-state index contributed by atoms with van der Waals surface area (Å²) in [6, 6.07) is 18.5. The zero-order valence-corrected chi connectivity index (χ0v) is 34.3. The molecule has 0 spiro atoms. The maximum absolute atomic E-state index is 14.3. The number of carboxylic acids is 1. The SMILES string of the molecule is Cc1cc(C(=O)NC2CCC(N(C)C)CC2)ccc1-c1ccc(CC(NC(=O)C2CCC(CN)CC2)C(=O)Nc2ccc(-c3n[nH]c(C(F)(F)C(F)(F)C(=O)O)n3)cc2)cc1. The molecule has 2 fully saturated rings. The number of halogens is 4. The summed E-state index contributed by atoms with van der Waals surface area (Å²) >= 11 is 0. The zero-order chi connectivity index (χ0) is 44.1. The molecule has 326 valence electrons. The summed E-state index contributed by atoms with van der Waals surface area (Å²) < 4.78 is 56.0. The van der Waals surface area contributed by atoms with Crippen LogP contribution >= 0.6 is 0 Å². The van der Waals surface area contributed by atoms with E-state index in [1.807, 2.05) is 49.4 Å². The van der Waals surface area contributed by atoms with Gasteiger partial charge >= 0.3 is 17.8 Å².